The van der Waals surface area contributed by atoms with E-state index in [9.17, 15) is 0 Å². The number of benzene rings is 7. The molecule has 0 nitrogen and oxygen atoms in total. The zero-order chi connectivity index (χ0) is 28.8. The van der Waals surface area contributed by atoms with Crippen molar-refractivity contribution in [3.8, 4) is 22.3 Å². The first kappa shape index (κ1) is 24.8. The molecule has 2 aliphatic rings. The molecule has 8 aromatic rings. The van der Waals surface area contributed by atoms with Crippen LogP contribution in [0.4, 0.5) is 0 Å². The standard InChI is InChI=1S/C42H26S2/c1-2-10-30-29(9-1)31-21-19-25(27-13-7-15-35-33-11-3-5-17-39(33)43-41(27)35)23-37(31)38-24-26(20-22-32(30)38)28-14-8-16-36-34-12-4-6-18-40(34)44-42(28)36/h1-24,33,39H. The molecule has 0 saturated carbocycles. The summed E-state index contributed by atoms with van der Waals surface area (Å²) >= 11 is 3.92. The Kier molecular flexibility index (Phi) is 5.31. The average molecular weight is 595 g/mol. The summed E-state index contributed by atoms with van der Waals surface area (Å²) in [6, 6.07) is 45.6. The lowest BCUT2D eigenvalue weighted by atomic mass is 9.88. The molecule has 0 fully saturated rings. The van der Waals surface area contributed by atoms with Crippen molar-refractivity contribution >= 4 is 75.6 Å². The van der Waals surface area contributed by atoms with Crippen LogP contribution in [0.25, 0.3) is 74.7 Å². The quantitative estimate of drug-likeness (QED) is 0.179. The van der Waals surface area contributed by atoms with E-state index in [1.165, 1.54) is 85.2 Å². The minimum atomic E-state index is 0.462. The van der Waals surface area contributed by atoms with Crippen molar-refractivity contribution in [3.05, 3.63) is 151 Å². The Hall–Kier alpha value is -4.63. The molecule has 0 N–H and O–H groups in total. The summed E-state index contributed by atoms with van der Waals surface area (Å²) in [6.07, 6.45) is 9.13. The summed E-state index contributed by atoms with van der Waals surface area (Å²) < 4.78 is 2.70. The average Bonchev–Trinajstić information content (AvgIpc) is 3.67. The lowest BCUT2D eigenvalue weighted by Crippen LogP contribution is -2.06. The normalized spacial score (nSPS) is 17.3. The molecule has 10 rings (SSSR count). The first-order valence-electron chi connectivity index (χ1n) is 15.3. The fraction of sp³-hybridized carbons (Fsp3) is 0.0476. The third-order valence-electron chi connectivity index (χ3n) is 9.61. The van der Waals surface area contributed by atoms with Crippen LogP contribution in [-0.4, -0.2) is 5.25 Å². The van der Waals surface area contributed by atoms with E-state index in [2.05, 4.69) is 146 Å². The fourth-order valence-corrected chi connectivity index (χ4v) is 10.3. The highest BCUT2D eigenvalue weighted by atomic mass is 32.2. The van der Waals surface area contributed by atoms with Crippen molar-refractivity contribution in [2.45, 2.75) is 16.1 Å². The highest BCUT2D eigenvalue weighted by Gasteiger charge is 2.32. The molecule has 0 saturated heterocycles. The molecule has 2 heteroatoms. The Morgan fingerprint density at radius 3 is 1.86 bits per heavy atom. The molecule has 1 aliphatic carbocycles. The third kappa shape index (κ3) is 3.53. The highest BCUT2D eigenvalue weighted by molar-refractivity contribution is 8.00. The van der Waals surface area contributed by atoms with Gasteiger partial charge < -0.3 is 0 Å². The van der Waals surface area contributed by atoms with Crippen molar-refractivity contribution in [2.75, 3.05) is 0 Å². The molecule has 0 spiro atoms. The summed E-state index contributed by atoms with van der Waals surface area (Å²) in [5.74, 6) is 0.462. The monoisotopic (exact) mass is 594 g/mol. The van der Waals surface area contributed by atoms with Crippen LogP contribution in [0.1, 0.15) is 11.5 Å². The van der Waals surface area contributed by atoms with Gasteiger partial charge in [-0.3, -0.25) is 0 Å². The predicted octanol–water partition coefficient (Wildman–Crippen LogP) is 12.5. The van der Waals surface area contributed by atoms with Crippen LogP contribution >= 0.6 is 23.1 Å². The smallest absolute Gasteiger partial charge is 0.0433 e. The Labute approximate surface area is 264 Å². The van der Waals surface area contributed by atoms with Gasteiger partial charge in [0.25, 0.3) is 0 Å². The van der Waals surface area contributed by atoms with E-state index in [1.807, 2.05) is 23.1 Å². The van der Waals surface area contributed by atoms with E-state index in [4.69, 9.17) is 0 Å². The molecule has 7 aromatic carbocycles. The van der Waals surface area contributed by atoms with Gasteiger partial charge >= 0.3 is 0 Å². The fourth-order valence-electron chi connectivity index (χ4n) is 7.56. The van der Waals surface area contributed by atoms with Gasteiger partial charge in [0.15, 0.2) is 0 Å². The number of hydrogen-bond acceptors (Lipinski definition) is 2. The summed E-state index contributed by atoms with van der Waals surface area (Å²) in [7, 11) is 0. The zero-order valence-electron chi connectivity index (χ0n) is 23.8. The third-order valence-corrected chi connectivity index (χ3v) is 12.2. The van der Waals surface area contributed by atoms with Crippen molar-refractivity contribution < 1.29 is 0 Å². The van der Waals surface area contributed by atoms with Crippen molar-refractivity contribution in [3.63, 3.8) is 0 Å². The van der Waals surface area contributed by atoms with Crippen LogP contribution in [0.15, 0.2) is 151 Å². The second-order valence-electron chi connectivity index (χ2n) is 11.9. The molecule has 2 heterocycles. The van der Waals surface area contributed by atoms with Crippen LogP contribution in [-0.2, 0) is 0 Å². The largest absolute Gasteiger partial charge is 0.135 e. The van der Waals surface area contributed by atoms with E-state index in [-0.39, 0.29) is 0 Å². The number of rotatable bonds is 2. The minimum Gasteiger partial charge on any atom is -0.135 e. The second kappa shape index (κ2) is 9.43. The molecule has 206 valence electrons. The molecule has 2 atom stereocenters. The number of thiophene rings is 1. The van der Waals surface area contributed by atoms with Crippen molar-refractivity contribution in [1.29, 1.82) is 0 Å². The van der Waals surface area contributed by atoms with E-state index >= 15 is 0 Å². The maximum atomic E-state index is 2.46. The van der Waals surface area contributed by atoms with Gasteiger partial charge in [-0.1, -0.05) is 127 Å². The van der Waals surface area contributed by atoms with Crippen LogP contribution in [0, 0.1) is 0 Å². The molecular weight excluding hydrogens is 569 g/mol. The second-order valence-corrected chi connectivity index (χ2v) is 14.2. The van der Waals surface area contributed by atoms with E-state index in [0.29, 0.717) is 11.2 Å². The van der Waals surface area contributed by atoms with Crippen LogP contribution in [0.2, 0.25) is 0 Å². The Morgan fingerprint density at radius 1 is 0.455 bits per heavy atom. The van der Waals surface area contributed by atoms with E-state index < -0.39 is 0 Å². The Balaban J connectivity index is 1.24. The molecule has 44 heavy (non-hydrogen) atoms. The van der Waals surface area contributed by atoms with Gasteiger partial charge in [0.1, 0.15) is 0 Å². The molecular formula is C42H26S2. The molecule has 0 bridgehead atoms. The molecule has 1 aromatic heterocycles. The maximum absolute atomic E-state index is 2.46. The van der Waals surface area contributed by atoms with Gasteiger partial charge in [-0.2, -0.15) is 0 Å². The van der Waals surface area contributed by atoms with Gasteiger partial charge in [0, 0.05) is 36.2 Å². The summed E-state index contributed by atoms with van der Waals surface area (Å²) in [5, 5.41) is 11.1. The predicted molar refractivity (Wildman–Crippen MR) is 193 cm³/mol. The first-order valence-corrected chi connectivity index (χ1v) is 17.0. The van der Waals surface area contributed by atoms with Gasteiger partial charge in [-0.05, 0) is 78.3 Å². The Bertz CT molecular complexity index is 2540. The lowest BCUT2D eigenvalue weighted by Gasteiger charge is -2.15. The van der Waals surface area contributed by atoms with E-state index in [1.54, 1.807) is 0 Å². The van der Waals surface area contributed by atoms with Gasteiger partial charge in [-0.25, -0.2) is 0 Å². The molecule has 0 radical (unpaired) electrons. The molecule has 2 unspecified atom stereocenters. The Morgan fingerprint density at radius 2 is 1.07 bits per heavy atom. The van der Waals surface area contributed by atoms with Gasteiger partial charge in [0.05, 0.1) is 0 Å². The summed E-state index contributed by atoms with van der Waals surface area (Å²) in [4.78, 5) is 1.43. The van der Waals surface area contributed by atoms with Gasteiger partial charge in [0.2, 0.25) is 0 Å². The first-order chi connectivity index (χ1) is 21.8. The van der Waals surface area contributed by atoms with Gasteiger partial charge in [-0.15, -0.1) is 23.1 Å². The number of allylic oxidation sites excluding steroid dienone is 3. The highest BCUT2D eigenvalue weighted by Crippen LogP contribution is 2.52. The zero-order valence-corrected chi connectivity index (χ0v) is 25.5. The topological polar surface area (TPSA) is 0 Å². The summed E-state index contributed by atoms with van der Waals surface area (Å²) in [5.41, 5.74) is 6.68. The van der Waals surface area contributed by atoms with Crippen LogP contribution in [0.3, 0.4) is 0 Å². The van der Waals surface area contributed by atoms with Crippen molar-refractivity contribution in [1.82, 2.24) is 0 Å². The molecule has 1 aliphatic heterocycles. The lowest BCUT2D eigenvalue weighted by molar-refractivity contribution is 0.881. The van der Waals surface area contributed by atoms with Crippen LogP contribution in [0.5, 0.6) is 0 Å². The number of fused-ring (bicyclic) bond motifs is 12. The summed E-state index contributed by atoms with van der Waals surface area (Å²) in [6.45, 7) is 0. The minimum absolute atomic E-state index is 0.462. The SMILES string of the molecule is C1=CC2Sc3c(-c4ccc5c6ccccc6c6ccc(-c7cccc8c7sc7ccccc78)cc6c5c4)cccc3C2C=C1. The number of thioether (sulfide) groups is 1. The molecule has 0 amide bonds. The maximum Gasteiger partial charge on any atom is 0.0433 e. The number of hydrogen-bond donors (Lipinski definition) is 0. The van der Waals surface area contributed by atoms with E-state index in [0.717, 1.165) is 0 Å². The van der Waals surface area contributed by atoms with Crippen molar-refractivity contribution in [2.24, 2.45) is 0 Å². The van der Waals surface area contributed by atoms with Crippen LogP contribution < -0.4 is 0 Å².